The molecule has 1 saturated heterocycles. The van der Waals surface area contributed by atoms with Crippen LogP contribution < -0.4 is 5.32 Å². The SMILES string of the molecule is O=C(CCC1CCCCC1)NCC(O)CN1CCOCC1. The van der Waals surface area contributed by atoms with E-state index in [-0.39, 0.29) is 5.91 Å². The van der Waals surface area contributed by atoms with E-state index in [1.807, 2.05) is 0 Å². The number of rotatable bonds is 7. The molecular weight excluding hydrogens is 268 g/mol. The van der Waals surface area contributed by atoms with Crippen molar-refractivity contribution in [2.45, 2.75) is 51.0 Å². The summed E-state index contributed by atoms with van der Waals surface area (Å²) in [7, 11) is 0. The van der Waals surface area contributed by atoms with Crippen LogP contribution in [0.2, 0.25) is 0 Å². The summed E-state index contributed by atoms with van der Waals surface area (Å²) in [5, 5.41) is 12.8. The molecule has 5 nitrogen and oxygen atoms in total. The lowest BCUT2D eigenvalue weighted by atomic mass is 9.86. The average Bonchev–Trinajstić information content (AvgIpc) is 2.53. The number of hydrogen-bond acceptors (Lipinski definition) is 4. The lowest BCUT2D eigenvalue weighted by Gasteiger charge is -2.28. The molecule has 0 aromatic heterocycles. The second-order valence-electron chi connectivity index (χ2n) is 6.41. The highest BCUT2D eigenvalue weighted by Gasteiger charge is 2.17. The molecule has 2 fully saturated rings. The van der Waals surface area contributed by atoms with Crippen molar-refractivity contribution in [3.05, 3.63) is 0 Å². The van der Waals surface area contributed by atoms with E-state index in [1.54, 1.807) is 0 Å². The molecule has 0 bridgehead atoms. The van der Waals surface area contributed by atoms with Gasteiger partial charge in [0.1, 0.15) is 0 Å². The highest BCUT2D eigenvalue weighted by Crippen LogP contribution is 2.27. The molecule has 1 heterocycles. The van der Waals surface area contributed by atoms with E-state index < -0.39 is 6.10 Å². The maximum absolute atomic E-state index is 11.8. The number of hydrogen-bond donors (Lipinski definition) is 2. The van der Waals surface area contributed by atoms with Gasteiger partial charge in [-0.2, -0.15) is 0 Å². The molecule has 2 N–H and O–H groups in total. The van der Waals surface area contributed by atoms with E-state index in [2.05, 4.69) is 10.2 Å². The monoisotopic (exact) mass is 298 g/mol. The van der Waals surface area contributed by atoms with Crippen LogP contribution in [0.1, 0.15) is 44.9 Å². The molecule has 2 rings (SSSR count). The Kier molecular flexibility index (Phi) is 7.47. The van der Waals surface area contributed by atoms with Crippen molar-refractivity contribution < 1.29 is 14.6 Å². The maximum atomic E-state index is 11.8. The fourth-order valence-electron chi connectivity index (χ4n) is 3.28. The largest absolute Gasteiger partial charge is 0.390 e. The smallest absolute Gasteiger partial charge is 0.220 e. The van der Waals surface area contributed by atoms with Crippen molar-refractivity contribution in [2.75, 3.05) is 39.4 Å². The molecule has 1 atom stereocenters. The van der Waals surface area contributed by atoms with Gasteiger partial charge in [-0.15, -0.1) is 0 Å². The van der Waals surface area contributed by atoms with Gasteiger partial charge in [-0.3, -0.25) is 9.69 Å². The zero-order valence-electron chi connectivity index (χ0n) is 13.1. The van der Waals surface area contributed by atoms with Crippen LogP contribution in [0.4, 0.5) is 0 Å². The minimum absolute atomic E-state index is 0.0848. The summed E-state index contributed by atoms with van der Waals surface area (Å²) in [4.78, 5) is 14.0. The first kappa shape index (κ1) is 16.7. The second kappa shape index (κ2) is 9.38. The summed E-state index contributed by atoms with van der Waals surface area (Å²) in [5.74, 6) is 0.823. The van der Waals surface area contributed by atoms with E-state index in [0.29, 0.717) is 19.5 Å². The van der Waals surface area contributed by atoms with Crippen LogP contribution >= 0.6 is 0 Å². The van der Waals surface area contributed by atoms with Crippen molar-refractivity contribution in [3.8, 4) is 0 Å². The van der Waals surface area contributed by atoms with Crippen molar-refractivity contribution in [3.63, 3.8) is 0 Å². The standard InChI is InChI=1S/C16H30N2O3/c19-15(13-18-8-10-21-11-9-18)12-17-16(20)7-6-14-4-2-1-3-5-14/h14-15,19H,1-13H2,(H,17,20). The summed E-state index contributed by atoms with van der Waals surface area (Å²) in [6, 6.07) is 0. The van der Waals surface area contributed by atoms with Gasteiger partial charge < -0.3 is 15.2 Å². The van der Waals surface area contributed by atoms with Crippen molar-refractivity contribution in [1.29, 1.82) is 0 Å². The summed E-state index contributed by atoms with van der Waals surface area (Å²) < 4.78 is 5.28. The van der Waals surface area contributed by atoms with Gasteiger partial charge in [0.15, 0.2) is 0 Å². The molecule has 0 spiro atoms. The first-order valence-corrected chi connectivity index (χ1v) is 8.49. The molecule has 0 radical (unpaired) electrons. The minimum atomic E-state index is -0.485. The van der Waals surface area contributed by atoms with Crippen LogP contribution in [-0.2, 0) is 9.53 Å². The van der Waals surface area contributed by atoms with Gasteiger partial charge in [0.25, 0.3) is 0 Å². The first-order valence-electron chi connectivity index (χ1n) is 8.49. The van der Waals surface area contributed by atoms with Crippen molar-refractivity contribution >= 4 is 5.91 Å². The number of aliphatic hydroxyl groups is 1. The lowest BCUT2D eigenvalue weighted by molar-refractivity contribution is -0.122. The number of ether oxygens (including phenoxy) is 1. The second-order valence-corrected chi connectivity index (χ2v) is 6.41. The molecule has 1 unspecified atom stereocenters. The third-order valence-electron chi connectivity index (χ3n) is 4.61. The number of nitrogens with zero attached hydrogens (tertiary/aromatic N) is 1. The lowest BCUT2D eigenvalue weighted by Crippen LogP contribution is -2.44. The molecule has 21 heavy (non-hydrogen) atoms. The number of amides is 1. The van der Waals surface area contributed by atoms with Crippen LogP contribution in [0, 0.1) is 5.92 Å². The van der Waals surface area contributed by atoms with Crippen molar-refractivity contribution in [1.82, 2.24) is 10.2 Å². The molecule has 1 aliphatic heterocycles. The molecule has 1 amide bonds. The van der Waals surface area contributed by atoms with Gasteiger partial charge >= 0.3 is 0 Å². The summed E-state index contributed by atoms with van der Waals surface area (Å²) >= 11 is 0. The summed E-state index contributed by atoms with van der Waals surface area (Å²) in [6.45, 7) is 4.19. The zero-order chi connectivity index (χ0) is 14.9. The Balaban J connectivity index is 1.52. The van der Waals surface area contributed by atoms with Crippen LogP contribution in [0.15, 0.2) is 0 Å². The Morgan fingerprint density at radius 1 is 1.24 bits per heavy atom. The van der Waals surface area contributed by atoms with Crippen molar-refractivity contribution in [2.24, 2.45) is 5.92 Å². The predicted octanol–water partition coefficient (Wildman–Crippen LogP) is 1.16. The number of carbonyl (C=O) groups is 1. The molecule has 0 aromatic carbocycles. The molecule has 122 valence electrons. The topological polar surface area (TPSA) is 61.8 Å². The number of aliphatic hydroxyl groups excluding tert-OH is 1. The quantitative estimate of drug-likeness (QED) is 0.740. The van der Waals surface area contributed by atoms with Gasteiger partial charge in [-0.25, -0.2) is 0 Å². The van der Waals surface area contributed by atoms with Gasteiger partial charge in [0, 0.05) is 32.6 Å². The van der Waals surface area contributed by atoms with Gasteiger partial charge in [-0.1, -0.05) is 32.1 Å². The molecule has 5 heteroatoms. The van der Waals surface area contributed by atoms with Gasteiger partial charge in [0.05, 0.1) is 19.3 Å². The van der Waals surface area contributed by atoms with Crippen LogP contribution in [0.5, 0.6) is 0 Å². The highest BCUT2D eigenvalue weighted by atomic mass is 16.5. The zero-order valence-corrected chi connectivity index (χ0v) is 13.1. The van der Waals surface area contributed by atoms with E-state index in [9.17, 15) is 9.90 Å². The Hall–Kier alpha value is -0.650. The Morgan fingerprint density at radius 2 is 1.95 bits per heavy atom. The minimum Gasteiger partial charge on any atom is -0.390 e. The highest BCUT2D eigenvalue weighted by molar-refractivity contribution is 5.75. The first-order chi connectivity index (χ1) is 10.2. The molecule has 0 aromatic rings. The van der Waals surface area contributed by atoms with E-state index >= 15 is 0 Å². The fourth-order valence-corrected chi connectivity index (χ4v) is 3.28. The summed E-state index contributed by atoms with van der Waals surface area (Å²) in [5.41, 5.74) is 0. The predicted molar refractivity (Wildman–Crippen MR) is 82.1 cm³/mol. The molecule has 1 saturated carbocycles. The maximum Gasteiger partial charge on any atom is 0.220 e. The third kappa shape index (κ3) is 6.76. The third-order valence-corrected chi connectivity index (χ3v) is 4.61. The summed E-state index contributed by atoms with van der Waals surface area (Å²) in [6.07, 6.45) is 7.70. The van der Waals surface area contributed by atoms with Crippen LogP contribution in [-0.4, -0.2) is 61.4 Å². The Morgan fingerprint density at radius 3 is 2.67 bits per heavy atom. The number of carbonyl (C=O) groups excluding carboxylic acids is 1. The van der Waals surface area contributed by atoms with E-state index in [0.717, 1.165) is 38.6 Å². The van der Waals surface area contributed by atoms with E-state index in [4.69, 9.17) is 4.74 Å². The van der Waals surface area contributed by atoms with Crippen LogP contribution in [0.3, 0.4) is 0 Å². The van der Waals surface area contributed by atoms with E-state index in [1.165, 1.54) is 32.1 Å². The number of nitrogens with one attached hydrogen (secondary N) is 1. The van der Waals surface area contributed by atoms with Crippen LogP contribution in [0.25, 0.3) is 0 Å². The number of morpholine rings is 1. The Labute approximate surface area is 128 Å². The Bertz CT molecular complexity index is 300. The molecule has 1 aliphatic carbocycles. The van der Waals surface area contributed by atoms with Gasteiger partial charge in [-0.05, 0) is 12.3 Å². The normalized spacial score (nSPS) is 22.9. The fraction of sp³-hybridized carbons (Fsp3) is 0.938. The molecule has 2 aliphatic rings. The molecular formula is C16H30N2O3. The average molecular weight is 298 g/mol. The van der Waals surface area contributed by atoms with Gasteiger partial charge in [0.2, 0.25) is 5.91 Å². The number of β-amino-alcohol motifs (C(OH)–C–C–N with tert-alkyl or cyclic N) is 1.